The third-order valence-electron chi connectivity index (χ3n) is 1.84. The van der Waals surface area contributed by atoms with E-state index in [1.165, 1.54) is 12.3 Å². The molecule has 0 amide bonds. The summed E-state index contributed by atoms with van der Waals surface area (Å²) in [6.45, 7) is 1.68. The van der Waals surface area contributed by atoms with Gasteiger partial charge in [0, 0.05) is 6.20 Å². The monoisotopic (exact) mass is 242 g/mol. The van der Waals surface area contributed by atoms with Crippen molar-refractivity contribution < 1.29 is 14.3 Å². The highest BCUT2D eigenvalue weighted by atomic mass is 35.5. The number of Topliss-reactive ketones (excluding diaryl/α,β-unsaturated/α-hetero) is 1. The summed E-state index contributed by atoms with van der Waals surface area (Å²) in [5.74, 6) is -1.63. The van der Waals surface area contributed by atoms with Crippen molar-refractivity contribution in [3.8, 4) is 0 Å². The molecule has 0 spiro atoms. The van der Waals surface area contributed by atoms with Crippen molar-refractivity contribution >= 4 is 23.4 Å². The fraction of sp³-hybridized carbons (Fsp3) is 0.333. The number of ether oxygens (including phenoxy) is 1. The van der Waals surface area contributed by atoms with E-state index in [0.717, 1.165) is 0 Å². The van der Waals surface area contributed by atoms with E-state index in [-0.39, 0.29) is 17.3 Å². The highest BCUT2D eigenvalue weighted by Crippen LogP contribution is 2.16. The summed E-state index contributed by atoms with van der Waals surface area (Å²) >= 11 is 5.67. The van der Waals surface area contributed by atoms with Crippen molar-refractivity contribution in [1.29, 1.82) is 0 Å². The molecule has 1 atom stereocenters. The van der Waals surface area contributed by atoms with Gasteiger partial charge in [0.15, 0.2) is 11.8 Å². The minimum absolute atomic E-state index is 0.0810. The number of halogens is 1. The zero-order valence-corrected chi connectivity index (χ0v) is 9.19. The molecule has 6 nitrogen and oxygen atoms in total. The number of ketones is 1. The normalized spacial score (nSPS) is 11.9. The summed E-state index contributed by atoms with van der Waals surface area (Å²) in [5.41, 5.74) is 8.71. The highest BCUT2D eigenvalue weighted by Gasteiger charge is 2.27. The van der Waals surface area contributed by atoms with E-state index in [4.69, 9.17) is 17.1 Å². The predicted octanol–water partition coefficient (Wildman–Crippen LogP) is 1.80. The van der Waals surface area contributed by atoms with Crippen molar-refractivity contribution in [3.05, 3.63) is 28.5 Å². The molecule has 7 heteroatoms. The number of esters is 1. The van der Waals surface area contributed by atoms with Gasteiger partial charge in [-0.2, -0.15) is 0 Å². The molecule has 0 radical (unpaired) electrons. The lowest BCUT2D eigenvalue weighted by Crippen LogP contribution is -2.29. The van der Waals surface area contributed by atoms with Gasteiger partial charge in [0.05, 0.1) is 12.2 Å². The van der Waals surface area contributed by atoms with Gasteiger partial charge in [-0.3, -0.25) is 4.79 Å². The fourth-order valence-corrected chi connectivity index (χ4v) is 1.33. The average molecular weight is 243 g/mol. The molecule has 16 heavy (non-hydrogen) atoms. The lowest BCUT2D eigenvalue weighted by atomic mass is 10.1. The molecule has 0 bridgehead atoms. The molecule has 0 fully saturated rings. The van der Waals surface area contributed by atoms with Crippen LogP contribution in [-0.4, -0.2) is 29.4 Å². The number of hydrogen-bond donors (Lipinski definition) is 1. The minimum Gasteiger partial charge on any atom is -0.711 e. The van der Waals surface area contributed by atoms with Crippen molar-refractivity contribution in [2.24, 2.45) is 5.11 Å². The van der Waals surface area contributed by atoms with E-state index in [0.29, 0.717) is 0 Å². The lowest BCUT2D eigenvalue weighted by molar-refractivity contribution is -0.143. The van der Waals surface area contributed by atoms with Crippen LogP contribution in [0.15, 0.2) is 17.4 Å². The smallest absolute Gasteiger partial charge is 0.337 e. The van der Waals surface area contributed by atoms with Gasteiger partial charge in [0.2, 0.25) is 0 Å². The largest absolute Gasteiger partial charge is 0.711 e. The molecule has 0 saturated carbocycles. The Kier molecular flexibility index (Phi) is 4.19. The van der Waals surface area contributed by atoms with Crippen molar-refractivity contribution in [1.82, 2.24) is 4.98 Å². The summed E-state index contributed by atoms with van der Waals surface area (Å²) in [6.07, 6.45) is 1.44. The van der Waals surface area contributed by atoms with Crippen LogP contribution >= 0.6 is 11.6 Å². The number of nitrogens with zero attached hydrogens (tertiary/aromatic N) is 2. The SMILES string of the molecule is CCOC(=O)C(N=[N-])C(=O)c1cc[nH]c1Cl. The molecule has 0 aromatic carbocycles. The zero-order valence-electron chi connectivity index (χ0n) is 8.44. The molecule has 0 saturated heterocycles. The fourth-order valence-electron chi connectivity index (χ4n) is 1.11. The molecule has 86 valence electrons. The molecule has 0 aliphatic heterocycles. The summed E-state index contributed by atoms with van der Waals surface area (Å²) < 4.78 is 4.59. The van der Waals surface area contributed by atoms with Gasteiger partial charge >= 0.3 is 5.97 Å². The van der Waals surface area contributed by atoms with Crippen LogP contribution in [0.25, 0.3) is 5.53 Å². The topological polar surface area (TPSA) is 93.8 Å². The number of H-pyrrole nitrogens is 1. The maximum Gasteiger partial charge on any atom is 0.337 e. The standard InChI is InChI=1S/C9H9ClN3O3/c1-2-16-9(15)6(13-11)7(14)5-3-4-12-8(5)10/h3-4,6,12H,2H2,1H3/q-1. The molecular formula is C9H9ClN3O3-. The lowest BCUT2D eigenvalue weighted by Gasteiger charge is -2.11. The van der Waals surface area contributed by atoms with E-state index in [2.05, 4.69) is 14.8 Å². The summed E-state index contributed by atoms with van der Waals surface area (Å²) in [5, 5.41) is 2.79. The van der Waals surface area contributed by atoms with E-state index in [1.54, 1.807) is 6.92 Å². The number of rotatable bonds is 5. The summed E-state index contributed by atoms with van der Waals surface area (Å²) in [6, 6.07) is -0.199. The molecule has 0 aliphatic rings. The van der Waals surface area contributed by atoms with Crippen molar-refractivity contribution in [2.75, 3.05) is 6.61 Å². The first-order valence-electron chi connectivity index (χ1n) is 4.49. The Morgan fingerprint density at radius 3 is 2.81 bits per heavy atom. The van der Waals surface area contributed by atoms with Gasteiger partial charge in [0.25, 0.3) is 0 Å². The van der Waals surface area contributed by atoms with Crippen LogP contribution in [0, 0.1) is 0 Å². The predicted molar refractivity (Wildman–Crippen MR) is 56.3 cm³/mol. The molecular weight excluding hydrogens is 234 g/mol. The van der Waals surface area contributed by atoms with Crippen LogP contribution in [-0.2, 0) is 9.53 Å². The number of carbonyl (C=O) groups is 2. The molecule has 1 heterocycles. The van der Waals surface area contributed by atoms with Gasteiger partial charge < -0.3 is 20.4 Å². The van der Waals surface area contributed by atoms with Crippen LogP contribution in [0.5, 0.6) is 0 Å². The number of carbonyl (C=O) groups excluding carboxylic acids is 2. The molecule has 1 aromatic rings. The van der Waals surface area contributed by atoms with E-state index in [9.17, 15) is 9.59 Å². The van der Waals surface area contributed by atoms with Gasteiger partial charge in [-0.1, -0.05) is 11.6 Å². The summed E-state index contributed by atoms with van der Waals surface area (Å²) in [4.78, 5) is 25.6. The Morgan fingerprint density at radius 2 is 2.38 bits per heavy atom. The first kappa shape index (κ1) is 12.4. The van der Waals surface area contributed by atoms with Gasteiger partial charge in [-0.05, 0) is 13.0 Å². The Labute approximate surface area is 96.4 Å². The minimum atomic E-state index is -1.59. The quantitative estimate of drug-likeness (QED) is 0.369. The van der Waals surface area contributed by atoms with E-state index in [1.807, 2.05) is 0 Å². The third-order valence-corrected chi connectivity index (χ3v) is 2.15. The van der Waals surface area contributed by atoms with Crippen LogP contribution in [0.3, 0.4) is 0 Å². The van der Waals surface area contributed by atoms with E-state index < -0.39 is 17.8 Å². The van der Waals surface area contributed by atoms with Crippen LogP contribution in [0.1, 0.15) is 17.3 Å². The second-order valence-electron chi connectivity index (χ2n) is 2.84. The number of aromatic amines is 1. The Morgan fingerprint density at radius 1 is 1.69 bits per heavy atom. The number of aromatic nitrogens is 1. The zero-order chi connectivity index (χ0) is 12.1. The first-order chi connectivity index (χ1) is 7.61. The molecule has 1 N–H and O–H groups in total. The first-order valence-corrected chi connectivity index (χ1v) is 4.87. The molecule has 1 rings (SSSR count). The Hall–Kier alpha value is -1.69. The van der Waals surface area contributed by atoms with Crippen molar-refractivity contribution in [2.45, 2.75) is 13.0 Å². The van der Waals surface area contributed by atoms with Crippen LogP contribution < -0.4 is 0 Å². The van der Waals surface area contributed by atoms with Gasteiger partial charge in [-0.25, -0.2) is 4.79 Å². The number of nitrogens with one attached hydrogen (secondary N) is 1. The Bertz CT molecular complexity index is 416. The maximum absolute atomic E-state index is 11.7. The molecule has 0 aliphatic carbocycles. The molecule has 1 unspecified atom stereocenters. The second-order valence-corrected chi connectivity index (χ2v) is 3.22. The van der Waals surface area contributed by atoms with Gasteiger partial charge in [0.1, 0.15) is 5.15 Å². The average Bonchev–Trinajstić information content (AvgIpc) is 2.65. The Balaban J connectivity index is 2.90. The van der Waals surface area contributed by atoms with E-state index >= 15 is 0 Å². The third kappa shape index (κ3) is 2.46. The van der Waals surface area contributed by atoms with Crippen LogP contribution in [0.4, 0.5) is 0 Å². The van der Waals surface area contributed by atoms with Crippen LogP contribution in [0.2, 0.25) is 5.15 Å². The van der Waals surface area contributed by atoms with Crippen molar-refractivity contribution in [3.63, 3.8) is 0 Å². The van der Waals surface area contributed by atoms with Gasteiger partial charge in [-0.15, -0.1) is 0 Å². The number of hydrogen-bond acceptors (Lipinski definition) is 4. The highest BCUT2D eigenvalue weighted by molar-refractivity contribution is 6.33. The second kappa shape index (κ2) is 5.41. The maximum atomic E-state index is 11.7. The summed E-state index contributed by atoms with van der Waals surface area (Å²) in [7, 11) is 0. The molecule has 1 aromatic heterocycles.